The molecule has 3 aromatic rings. The zero-order chi connectivity index (χ0) is 19.9. The SMILES string of the molecule is COc1ccc(CCNC(=O)c2cccc(C(=O)Nc3cc(C)on3)c2)cc1. The summed E-state index contributed by atoms with van der Waals surface area (Å²) >= 11 is 0. The van der Waals surface area contributed by atoms with E-state index in [0.29, 0.717) is 35.7 Å². The predicted octanol–water partition coefficient (Wildman–Crippen LogP) is 3.22. The second kappa shape index (κ2) is 8.85. The number of rotatable bonds is 7. The smallest absolute Gasteiger partial charge is 0.256 e. The minimum absolute atomic E-state index is 0.236. The Hall–Kier alpha value is -3.61. The van der Waals surface area contributed by atoms with Gasteiger partial charge in [0.2, 0.25) is 0 Å². The highest BCUT2D eigenvalue weighted by atomic mass is 16.5. The van der Waals surface area contributed by atoms with Crippen molar-refractivity contribution in [1.82, 2.24) is 10.5 Å². The van der Waals surface area contributed by atoms with Crippen LogP contribution in [0.2, 0.25) is 0 Å². The van der Waals surface area contributed by atoms with Crippen molar-refractivity contribution in [2.24, 2.45) is 0 Å². The first-order valence-electron chi connectivity index (χ1n) is 8.81. The van der Waals surface area contributed by atoms with Gasteiger partial charge in [-0.2, -0.15) is 0 Å². The number of hydrogen-bond acceptors (Lipinski definition) is 5. The van der Waals surface area contributed by atoms with Crippen molar-refractivity contribution in [2.75, 3.05) is 19.0 Å². The number of carbonyl (C=O) groups excluding carboxylic acids is 2. The molecule has 144 valence electrons. The van der Waals surface area contributed by atoms with Crippen molar-refractivity contribution in [3.63, 3.8) is 0 Å². The summed E-state index contributed by atoms with van der Waals surface area (Å²) in [4.78, 5) is 24.7. The van der Waals surface area contributed by atoms with Crippen molar-refractivity contribution >= 4 is 17.6 Å². The molecule has 1 aromatic heterocycles. The maximum absolute atomic E-state index is 12.4. The van der Waals surface area contributed by atoms with Crippen LogP contribution in [0.1, 0.15) is 32.0 Å². The van der Waals surface area contributed by atoms with Gasteiger partial charge in [0.05, 0.1) is 7.11 Å². The molecule has 1 heterocycles. The maximum Gasteiger partial charge on any atom is 0.256 e. The third kappa shape index (κ3) is 4.97. The molecule has 2 amide bonds. The Bertz CT molecular complexity index is 964. The van der Waals surface area contributed by atoms with Crippen LogP contribution in [0.5, 0.6) is 5.75 Å². The molecule has 0 fully saturated rings. The van der Waals surface area contributed by atoms with Crippen LogP contribution in [0.25, 0.3) is 0 Å². The molecular weight excluding hydrogens is 358 g/mol. The summed E-state index contributed by atoms with van der Waals surface area (Å²) in [5.41, 5.74) is 1.87. The third-order valence-corrected chi connectivity index (χ3v) is 4.11. The summed E-state index contributed by atoms with van der Waals surface area (Å²) in [6.45, 7) is 2.22. The van der Waals surface area contributed by atoms with Gasteiger partial charge in [0.25, 0.3) is 11.8 Å². The highest BCUT2D eigenvalue weighted by molar-refractivity contribution is 6.05. The molecule has 0 unspecified atom stereocenters. The molecule has 0 atom stereocenters. The van der Waals surface area contributed by atoms with E-state index in [4.69, 9.17) is 9.26 Å². The number of aryl methyl sites for hydroxylation is 1. The summed E-state index contributed by atoms with van der Waals surface area (Å²) in [6.07, 6.45) is 0.696. The third-order valence-electron chi connectivity index (χ3n) is 4.11. The number of hydrogen-bond donors (Lipinski definition) is 2. The van der Waals surface area contributed by atoms with E-state index in [1.807, 2.05) is 24.3 Å². The molecule has 0 radical (unpaired) electrons. The van der Waals surface area contributed by atoms with Gasteiger partial charge in [0.15, 0.2) is 5.82 Å². The van der Waals surface area contributed by atoms with E-state index in [0.717, 1.165) is 11.3 Å². The molecule has 0 saturated heterocycles. The standard InChI is InChI=1S/C21H21N3O4/c1-14-12-19(24-28-14)23-21(26)17-5-3-4-16(13-17)20(25)22-11-10-15-6-8-18(27-2)9-7-15/h3-9,12-13H,10-11H2,1-2H3,(H,22,25)(H,23,24,26). The van der Waals surface area contributed by atoms with Gasteiger partial charge in [-0.05, 0) is 49.2 Å². The molecule has 0 aliphatic heterocycles. The van der Waals surface area contributed by atoms with Gasteiger partial charge < -0.3 is 19.9 Å². The lowest BCUT2D eigenvalue weighted by Gasteiger charge is -2.08. The van der Waals surface area contributed by atoms with Gasteiger partial charge in [0.1, 0.15) is 11.5 Å². The topological polar surface area (TPSA) is 93.5 Å². The number of carbonyl (C=O) groups is 2. The minimum atomic E-state index is -0.360. The van der Waals surface area contributed by atoms with Crippen molar-refractivity contribution in [1.29, 1.82) is 0 Å². The monoisotopic (exact) mass is 379 g/mol. The molecule has 28 heavy (non-hydrogen) atoms. The molecule has 3 rings (SSSR count). The van der Waals surface area contributed by atoms with Crippen molar-refractivity contribution in [3.05, 3.63) is 77.0 Å². The molecule has 0 bridgehead atoms. The largest absolute Gasteiger partial charge is 0.497 e. The van der Waals surface area contributed by atoms with Crippen LogP contribution in [-0.2, 0) is 6.42 Å². The van der Waals surface area contributed by atoms with E-state index < -0.39 is 0 Å². The molecule has 0 aliphatic rings. The van der Waals surface area contributed by atoms with E-state index in [2.05, 4.69) is 15.8 Å². The zero-order valence-electron chi connectivity index (χ0n) is 15.7. The van der Waals surface area contributed by atoms with E-state index in [9.17, 15) is 9.59 Å². The van der Waals surface area contributed by atoms with E-state index in [1.165, 1.54) is 0 Å². The fourth-order valence-electron chi connectivity index (χ4n) is 2.63. The van der Waals surface area contributed by atoms with E-state index >= 15 is 0 Å². The summed E-state index contributed by atoms with van der Waals surface area (Å²) < 4.78 is 10.0. The average molecular weight is 379 g/mol. The van der Waals surface area contributed by atoms with Gasteiger partial charge in [0, 0.05) is 23.7 Å². The lowest BCUT2D eigenvalue weighted by molar-refractivity contribution is 0.0954. The fraction of sp³-hybridized carbons (Fsp3) is 0.190. The normalized spacial score (nSPS) is 10.4. The van der Waals surface area contributed by atoms with Crippen LogP contribution in [0, 0.1) is 6.92 Å². The van der Waals surface area contributed by atoms with Crippen LogP contribution < -0.4 is 15.4 Å². The first-order valence-corrected chi connectivity index (χ1v) is 8.81. The summed E-state index contributed by atoms with van der Waals surface area (Å²) in [7, 11) is 1.62. The molecule has 7 heteroatoms. The maximum atomic E-state index is 12.4. The van der Waals surface area contributed by atoms with Crippen molar-refractivity contribution < 1.29 is 18.8 Å². The highest BCUT2D eigenvalue weighted by Gasteiger charge is 2.12. The summed E-state index contributed by atoms with van der Waals surface area (Å²) in [6, 6.07) is 15.8. The number of methoxy groups -OCH3 is 1. The summed E-state index contributed by atoms with van der Waals surface area (Å²) in [5, 5.41) is 9.22. The number of aromatic nitrogens is 1. The second-order valence-corrected chi connectivity index (χ2v) is 6.21. The Kier molecular flexibility index (Phi) is 6.06. The van der Waals surface area contributed by atoms with Gasteiger partial charge in [-0.25, -0.2) is 0 Å². The first kappa shape index (κ1) is 19.2. The number of benzene rings is 2. The number of nitrogens with zero attached hydrogens (tertiary/aromatic N) is 1. The highest BCUT2D eigenvalue weighted by Crippen LogP contribution is 2.13. The van der Waals surface area contributed by atoms with Gasteiger partial charge >= 0.3 is 0 Å². The fourth-order valence-corrected chi connectivity index (χ4v) is 2.63. The molecule has 0 spiro atoms. The first-order chi connectivity index (χ1) is 13.5. The minimum Gasteiger partial charge on any atom is -0.497 e. The van der Waals surface area contributed by atoms with Gasteiger partial charge in [-0.3, -0.25) is 9.59 Å². The number of ether oxygens (including phenoxy) is 1. The average Bonchev–Trinajstić information content (AvgIpc) is 3.13. The van der Waals surface area contributed by atoms with Crippen LogP contribution in [0.4, 0.5) is 5.82 Å². The molecule has 2 N–H and O–H groups in total. The zero-order valence-corrected chi connectivity index (χ0v) is 15.7. The lowest BCUT2D eigenvalue weighted by atomic mass is 10.1. The van der Waals surface area contributed by atoms with Crippen LogP contribution >= 0.6 is 0 Å². The Morgan fingerprint density at radius 3 is 2.39 bits per heavy atom. The Morgan fingerprint density at radius 1 is 1.04 bits per heavy atom. The molecular formula is C21H21N3O4. The predicted molar refractivity (Wildman–Crippen MR) is 105 cm³/mol. The van der Waals surface area contributed by atoms with Crippen molar-refractivity contribution in [3.8, 4) is 5.75 Å². The van der Waals surface area contributed by atoms with Crippen molar-refractivity contribution in [2.45, 2.75) is 13.3 Å². The molecule has 0 saturated carbocycles. The number of nitrogens with one attached hydrogen (secondary N) is 2. The van der Waals surface area contributed by atoms with Crippen LogP contribution in [-0.4, -0.2) is 30.6 Å². The number of anilines is 1. The Morgan fingerprint density at radius 2 is 1.75 bits per heavy atom. The van der Waals surface area contributed by atoms with E-state index in [-0.39, 0.29) is 11.8 Å². The van der Waals surface area contributed by atoms with Crippen LogP contribution in [0.3, 0.4) is 0 Å². The van der Waals surface area contributed by atoms with Crippen LogP contribution in [0.15, 0.2) is 59.1 Å². The molecule has 7 nitrogen and oxygen atoms in total. The quantitative estimate of drug-likeness (QED) is 0.657. The van der Waals surface area contributed by atoms with E-state index in [1.54, 1.807) is 44.4 Å². The Labute approximate surface area is 162 Å². The number of amides is 2. The molecule has 0 aliphatic carbocycles. The Balaban J connectivity index is 1.56. The van der Waals surface area contributed by atoms with Gasteiger partial charge in [-0.15, -0.1) is 0 Å². The summed E-state index contributed by atoms with van der Waals surface area (Å²) in [5.74, 6) is 1.13. The van der Waals surface area contributed by atoms with Gasteiger partial charge in [-0.1, -0.05) is 23.4 Å². The lowest BCUT2D eigenvalue weighted by Crippen LogP contribution is -2.26. The molecule has 2 aromatic carbocycles. The second-order valence-electron chi connectivity index (χ2n) is 6.21.